The lowest BCUT2D eigenvalue weighted by atomic mass is 9.94. The first-order chi connectivity index (χ1) is 15.8. The normalized spacial score (nSPS) is 16.4. The molecule has 1 unspecified atom stereocenters. The minimum absolute atomic E-state index is 0.0886. The van der Waals surface area contributed by atoms with E-state index in [1.165, 1.54) is 6.42 Å². The third kappa shape index (κ3) is 6.64. The molecule has 0 aliphatic carbocycles. The molecular weight excluding hydrogens is 414 g/mol. The number of piperidine rings is 1. The van der Waals surface area contributed by atoms with Gasteiger partial charge in [0.1, 0.15) is 0 Å². The Hall–Kier alpha value is -2.73. The van der Waals surface area contributed by atoms with Gasteiger partial charge in [-0.25, -0.2) is 0 Å². The molecule has 33 heavy (non-hydrogen) atoms. The molecule has 3 rings (SSSR count). The molecule has 1 amide bonds. The number of carbonyl (C=O) groups is 2. The van der Waals surface area contributed by atoms with Crippen LogP contribution in [0.25, 0.3) is 11.1 Å². The Bertz CT molecular complexity index is 947. The van der Waals surface area contributed by atoms with Crippen LogP contribution in [0.2, 0.25) is 0 Å². The molecule has 6 heteroatoms. The van der Waals surface area contributed by atoms with Gasteiger partial charge in [0.15, 0.2) is 0 Å². The number of hydrogen-bond donors (Lipinski definition) is 2. The number of benzene rings is 1. The molecule has 0 radical (unpaired) electrons. The second-order valence-corrected chi connectivity index (χ2v) is 9.67. The Kier molecular flexibility index (Phi) is 8.61. The lowest BCUT2D eigenvalue weighted by Gasteiger charge is -2.35. The van der Waals surface area contributed by atoms with Crippen molar-refractivity contribution in [3.8, 4) is 11.1 Å². The van der Waals surface area contributed by atoms with Crippen LogP contribution in [0.5, 0.6) is 0 Å². The summed E-state index contributed by atoms with van der Waals surface area (Å²) in [4.78, 5) is 31.8. The predicted octanol–water partition coefficient (Wildman–Crippen LogP) is 4.90. The molecule has 6 nitrogen and oxygen atoms in total. The molecule has 178 valence electrons. The summed E-state index contributed by atoms with van der Waals surface area (Å²) in [5, 5.41) is 12.7. The molecule has 1 aromatic heterocycles. The number of aromatic nitrogens is 1. The fourth-order valence-corrected chi connectivity index (χ4v) is 4.85. The Morgan fingerprint density at radius 2 is 1.76 bits per heavy atom. The van der Waals surface area contributed by atoms with E-state index in [0.717, 1.165) is 54.6 Å². The molecule has 1 aliphatic heterocycles. The summed E-state index contributed by atoms with van der Waals surface area (Å²) in [5.41, 5.74) is 5.01. The van der Waals surface area contributed by atoms with Gasteiger partial charge in [0.25, 0.3) is 0 Å². The molecule has 0 saturated carbocycles. The van der Waals surface area contributed by atoms with Crippen molar-refractivity contribution in [2.24, 2.45) is 5.92 Å². The molecule has 0 spiro atoms. The number of likely N-dealkylation sites (tertiary alicyclic amines) is 1. The van der Waals surface area contributed by atoms with E-state index >= 15 is 0 Å². The molecular formula is C27H37N3O3. The minimum Gasteiger partial charge on any atom is -0.481 e. The van der Waals surface area contributed by atoms with Gasteiger partial charge in [-0.15, -0.1) is 0 Å². The van der Waals surface area contributed by atoms with E-state index in [-0.39, 0.29) is 18.4 Å². The average molecular weight is 452 g/mol. The largest absolute Gasteiger partial charge is 0.481 e. The van der Waals surface area contributed by atoms with Gasteiger partial charge in [-0.3, -0.25) is 19.5 Å². The highest BCUT2D eigenvalue weighted by Crippen LogP contribution is 2.29. The smallest absolute Gasteiger partial charge is 0.305 e. The zero-order valence-corrected chi connectivity index (χ0v) is 20.3. The van der Waals surface area contributed by atoms with E-state index in [9.17, 15) is 14.7 Å². The molecule has 0 bridgehead atoms. The molecule has 1 fully saturated rings. The van der Waals surface area contributed by atoms with Gasteiger partial charge < -0.3 is 10.4 Å². The maximum Gasteiger partial charge on any atom is 0.305 e. The van der Waals surface area contributed by atoms with Crippen molar-refractivity contribution in [2.45, 2.75) is 71.9 Å². The van der Waals surface area contributed by atoms with E-state index in [0.29, 0.717) is 11.5 Å². The van der Waals surface area contributed by atoms with Crippen LogP contribution in [-0.4, -0.2) is 46.0 Å². The summed E-state index contributed by atoms with van der Waals surface area (Å²) < 4.78 is 0. The summed E-state index contributed by atoms with van der Waals surface area (Å²) in [6.45, 7) is 10.2. The Morgan fingerprint density at radius 3 is 2.36 bits per heavy atom. The molecule has 1 aliphatic rings. The van der Waals surface area contributed by atoms with Crippen molar-refractivity contribution in [3.05, 3.63) is 53.3 Å². The van der Waals surface area contributed by atoms with Gasteiger partial charge in [-0.2, -0.15) is 0 Å². The second-order valence-electron chi connectivity index (χ2n) is 9.67. The van der Waals surface area contributed by atoms with Gasteiger partial charge in [0.2, 0.25) is 5.91 Å². The lowest BCUT2D eigenvalue weighted by Crippen LogP contribution is -2.50. The zero-order valence-electron chi connectivity index (χ0n) is 20.3. The molecule has 2 aromatic rings. The van der Waals surface area contributed by atoms with Crippen LogP contribution in [0.15, 0.2) is 36.7 Å². The van der Waals surface area contributed by atoms with E-state index in [4.69, 9.17) is 0 Å². The fourth-order valence-electron chi connectivity index (χ4n) is 4.85. The zero-order chi connectivity index (χ0) is 24.0. The SMILES string of the molecule is Cc1cccc(C)c1-c1cncc([C@H](CC(=O)O)NC(=O)C(CC(C)C)N2CCCCC2)c1. The highest BCUT2D eigenvalue weighted by atomic mass is 16.4. The van der Waals surface area contributed by atoms with Crippen molar-refractivity contribution in [3.63, 3.8) is 0 Å². The number of aryl methyl sites for hydroxylation is 2. The van der Waals surface area contributed by atoms with E-state index in [1.54, 1.807) is 12.4 Å². The number of pyridine rings is 1. The lowest BCUT2D eigenvalue weighted by molar-refractivity contribution is -0.138. The number of amides is 1. The van der Waals surface area contributed by atoms with Gasteiger partial charge in [0.05, 0.1) is 18.5 Å². The topological polar surface area (TPSA) is 82.5 Å². The van der Waals surface area contributed by atoms with Gasteiger partial charge in [-0.1, -0.05) is 38.5 Å². The van der Waals surface area contributed by atoms with Crippen molar-refractivity contribution in [1.29, 1.82) is 0 Å². The first kappa shape index (κ1) is 24.9. The van der Waals surface area contributed by atoms with Gasteiger partial charge in [0, 0.05) is 18.0 Å². The predicted molar refractivity (Wildman–Crippen MR) is 131 cm³/mol. The van der Waals surface area contributed by atoms with Crippen molar-refractivity contribution < 1.29 is 14.7 Å². The molecule has 2 heterocycles. The number of nitrogens with one attached hydrogen (secondary N) is 1. The van der Waals surface area contributed by atoms with Gasteiger partial charge >= 0.3 is 5.97 Å². The third-order valence-corrected chi connectivity index (χ3v) is 6.46. The third-order valence-electron chi connectivity index (χ3n) is 6.46. The molecule has 2 atom stereocenters. The van der Waals surface area contributed by atoms with Crippen molar-refractivity contribution >= 4 is 11.9 Å². The van der Waals surface area contributed by atoms with E-state index < -0.39 is 12.0 Å². The summed E-state index contributed by atoms with van der Waals surface area (Å²) in [6, 6.07) is 7.23. The van der Waals surface area contributed by atoms with Crippen LogP contribution in [-0.2, 0) is 9.59 Å². The molecule has 2 N–H and O–H groups in total. The van der Waals surface area contributed by atoms with Crippen LogP contribution < -0.4 is 5.32 Å². The number of hydrogen-bond acceptors (Lipinski definition) is 4. The van der Waals surface area contributed by atoms with Crippen LogP contribution >= 0.6 is 0 Å². The second kappa shape index (κ2) is 11.4. The number of carbonyl (C=O) groups excluding carboxylic acids is 1. The van der Waals surface area contributed by atoms with Gasteiger partial charge in [-0.05, 0) is 80.4 Å². The Balaban J connectivity index is 1.89. The van der Waals surface area contributed by atoms with Crippen LogP contribution in [0.4, 0.5) is 0 Å². The molecule has 1 aromatic carbocycles. The first-order valence-corrected chi connectivity index (χ1v) is 12.0. The standard InChI is InChI=1S/C27H37N3O3/c1-18(2)13-24(30-11-6-5-7-12-30)27(33)29-23(15-25(31)32)21-14-22(17-28-16-21)26-19(3)9-8-10-20(26)4/h8-10,14,16-18,23-24H,5-7,11-13,15H2,1-4H3,(H,29,33)(H,31,32)/t23-,24?/m0/s1. The maximum atomic E-state index is 13.4. The summed E-state index contributed by atoms with van der Waals surface area (Å²) in [6.07, 6.45) is 7.44. The Morgan fingerprint density at radius 1 is 1.09 bits per heavy atom. The fraction of sp³-hybridized carbons (Fsp3) is 0.519. The summed E-state index contributed by atoms with van der Waals surface area (Å²) in [7, 11) is 0. The van der Waals surface area contributed by atoms with Crippen molar-refractivity contribution in [2.75, 3.05) is 13.1 Å². The highest BCUT2D eigenvalue weighted by Gasteiger charge is 2.30. The first-order valence-electron chi connectivity index (χ1n) is 12.0. The number of nitrogens with zero attached hydrogens (tertiary/aromatic N) is 2. The van der Waals surface area contributed by atoms with Crippen LogP contribution in [0.1, 0.15) is 68.7 Å². The average Bonchev–Trinajstić information content (AvgIpc) is 2.77. The number of rotatable bonds is 9. The summed E-state index contributed by atoms with van der Waals surface area (Å²) in [5.74, 6) is -0.667. The number of carboxylic acid groups (broad SMARTS) is 1. The van der Waals surface area contributed by atoms with Crippen LogP contribution in [0, 0.1) is 19.8 Å². The highest BCUT2D eigenvalue weighted by molar-refractivity contribution is 5.83. The minimum atomic E-state index is -0.948. The quantitative estimate of drug-likeness (QED) is 0.567. The van der Waals surface area contributed by atoms with Crippen molar-refractivity contribution in [1.82, 2.24) is 15.2 Å². The number of aliphatic carboxylic acids is 1. The molecule has 1 saturated heterocycles. The maximum absolute atomic E-state index is 13.4. The number of carboxylic acids is 1. The summed E-state index contributed by atoms with van der Waals surface area (Å²) >= 11 is 0. The van der Waals surface area contributed by atoms with E-state index in [2.05, 4.69) is 55.0 Å². The monoisotopic (exact) mass is 451 g/mol. The Labute approximate surface area is 197 Å². The van der Waals surface area contributed by atoms with Crippen LogP contribution in [0.3, 0.4) is 0 Å². The van der Waals surface area contributed by atoms with E-state index in [1.807, 2.05) is 12.1 Å².